The van der Waals surface area contributed by atoms with E-state index in [-0.39, 0.29) is 31.1 Å². The lowest BCUT2D eigenvalue weighted by atomic mass is 10.0. The Hall–Kier alpha value is -1.59. The third-order valence-corrected chi connectivity index (χ3v) is 17.6. The maximum atomic E-state index is 12.9. The van der Waals surface area contributed by atoms with E-state index in [0.717, 1.165) is 57.8 Å². The molecule has 0 aliphatic heterocycles. The normalized spacial score (nSPS) is 11.9. The van der Waals surface area contributed by atoms with Gasteiger partial charge < -0.3 is 14.2 Å². The predicted octanol–water partition coefficient (Wildman–Crippen LogP) is 25.8. The Kier molecular flexibility index (Phi) is 69.5. The summed E-state index contributed by atoms with van der Waals surface area (Å²) in [5.74, 6) is -0.823. The van der Waals surface area contributed by atoms with E-state index in [1.807, 2.05) is 0 Å². The second-order valence-corrected chi connectivity index (χ2v) is 25.9. The van der Waals surface area contributed by atoms with E-state index in [1.54, 1.807) is 0 Å². The van der Waals surface area contributed by atoms with Gasteiger partial charge in [0, 0.05) is 19.3 Å². The van der Waals surface area contributed by atoms with E-state index >= 15 is 0 Å². The summed E-state index contributed by atoms with van der Waals surface area (Å²) in [6.07, 6.45) is 84.6. The van der Waals surface area contributed by atoms with Crippen molar-refractivity contribution in [2.75, 3.05) is 13.2 Å². The number of hydrogen-bond donors (Lipinski definition) is 0. The van der Waals surface area contributed by atoms with Crippen LogP contribution in [0.5, 0.6) is 0 Å². The fourth-order valence-corrected chi connectivity index (χ4v) is 12.0. The Morgan fingerprint density at radius 3 is 0.494 bits per heavy atom. The molecule has 482 valence electrons. The molecule has 0 amide bonds. The van der Waals surface area contributed by atoms with Crippen LogP contribution in [0.25, 0.3) is 0 Å². The molecule has 0 N–H and O–H groups in total. The van der Waals surface area contributed by atoms with E-state index in [0.29, 0.717) is 19.3 Å². The molecule has 0 radical (unpaired) electrons. The van der Waals surface area contributed by atoms with Gasteiger partial charge in [-0.25, -0.2) is 0 Å². The summed E-state index contributed by atoms with van der Waals surface area (Å²) in [6, 6.07) is 0. The first-order chi connectivity index (χ1) is 40.0. The summed E-state index contributed by atoms with van der Waals surface area (Å²) in [4.78, 5) is 38.4. The molecule has 0 spiro atoms. The van der Waals surface area contributed by atoms with E-state index < -0.39 is 6.10 Å². The standard InChI is InChI=1S/C75H146O6/c1-4-7-10-13-16-19-22-24-26-28-30-32-34-35-36-37-38-39-40-41-42-44-45-47-49-51-53-56-59-62-65-68-74(77)80-71-72(70-79-73(76)67-64-61-58-55-21-18-15-12-9-6-3)81-75(78)69-66-63-60-57-54-52-50-48-46-43-33-31-29-27-25-23-20-17-14-11-8-5-2/h72H,4-71H2,1-3H3. The molecular formula is C75H146O6. The van der Waals surface area contributed by atoms with Gasteiger partial charge in [0.25, 0.3) is 0 Å². The van der Waals surface area contributed by atoms with Crippen molar-refractivity contribution in [3.05, 3.63) is 0 Å². The number of hydrogen-bond acceptors (Lipinski definition) is 6. The number of rotatable bonds is 71. The van der Waals surface area contributed by atoms with Crippen LogP contribution in [0.15, 0.2) is 0 Å². The van der Waals surface area contributed by atoms with Crippen molar-refractivity contribution in [2.45, 2.75) is 451 Å². The highest BCUT2D eigenvalue weighted by molar-refractivity contribution is 5.71. The third kappa shape index (κ3) is 69.1. The Balaban J connectivity index is 4.04. The van der Waals surface area contributed by atoms with Gasteiger partial charge in [0.15, 0.2) is 6.10 Å². The van der Waals surface area contributed by atoms with Crippen LogP contribution in [0.3, 0.4) is 0 Å². The van der Waals surface area contributed by atoms with Crippen LogP contribution in [0, 0.1) is 0 Å². The lowest BCUT2D eigenvalue weighted by molar-refractivity contribution is -0.167. The van der Waals surface area contributed by atoms with Crippen LogP contribution in [0.2, 0.25) is 0 Å². The summed E-state index contributed by atoms with van der Waals surface area (Å²) >= 11 is 0. The van der Waals surface area contributed by atoms with Gasteiger partial charge in [0.05, 0.1) is 0 Å². The number of ether oxygens (including phenoxy) is 3. The Bertz CT molecular complexity index is 1220. The zero-order valence-electron chi connectivity index (χ0n) is 55.6. The monoisotopic (exact) mass is 1140 g/mol. The van der Waals surface area contributed by atoms with E-state index in [1.165, 1.54) is 347 Å². The zero-order valence-corrected chi connectivity index (χ0v) is 55.6. The van der Waals surface area contributed by atoms with Crippen molar-refractivity contribution in [1.82, 2.24) is 0 Å². The lowest BCUT2D eigenvalue weighted by Gasteiger charge is -2.18. The summed E-state index contributed by atoms with van der Waals surface area (Å²) in [7, 11) is 0. The van der Waals surface area contributed by atoms with Crippen molar-refractivity contribution in [1.29, 1.82) is 0 Å². The molecule has 0 aromatic rings. The molecule has 0 aliphatic carbocycles. The number of carbonyl (C=O) groups excluding carboxylic acids is 3. The van der Waals surface area contributed by atoms with Gasteiger partial charge in [-0.3, -0.25) is 14.4 Å². The van der Waals surface area contributed by atoms with Crippen molar-refractivity contribution in [3.8, 4) is 0 Å². The van der Waals surface area contributed by atoms with Crippen LogP contribution in [0.1, 0.15) is 445 Å². The minimum absolute atomic E-state index is 0.0604. The fourth-order valence-electron chi connectivity index (χ4n) is 12.0. The van der Waals surface area contributed by atoms with E-state index in [2.05, 4.69) is 20.8 Å². The molecule has 0 heterocycles. The topological polar surface area (TPSA) is 78.9 Å². The summed E-state index contributed by atoms with van der Waals surface area (Å²) < 4.78 is 17.0. The minimum Gasteiger partial charge on any atom is -0.462 e. The highest BCUT2D eigenvalue weighted by Gasteiger charge is 2.20. The van der Waals surface area contributed by atoms with E-state index in [9.17, 15) is 14.4 Å². The molecule has 0 rings (SSSR count). The number of esters is 3. The molecule has 0 saturated carbocycles. The number of carbonyl (C=O) groups is 3. The first-order valence-electron chi connectivity index (χ1n) is 37.5. The van der Waals surface area contributed by atoms with Crippen molar-refractivity contribution in [2.24, 2.45) is 0 Å². The second-order valence-electron chi connectivity index (χ2n) is 25.9. The molecule has 1 unspecified atom stereocenters. The Morgan fingerprint density at radius 2 is 0.333 bits per heavy atom. The van der Waals surface area contributed by atoms with E-state index in [4.69, 9.17) is 14.2 Å². The summed E-state index contributed by atoms with van der Waals surface area (Å²) in [5, 5.41) is 0. The first-order valence-corrected chi connectivity index (χ1v) is 37.5. The Labute approximate surface area is 508 Å². The van der Waals surface area contributed by atoms with Gasteiger partial charge in [-0.1, -0.05) is 406 Å². The van der Waals surface area contributed by atoms with Crippen LogP contribution in [-0.2, 0) is 28.6 Å². The predicted molar refractivity (Wildman–Crippen MR) is 354 cm³/mol. The van der Waals surface area contributed by atoms with Gasteiger partial charge in [-0.05, 0) is 19.3 Å². The Morgan fingerprint density at radius 1 is 0.198 bits per heavy atom. The number of unbranched alkanes of at least 4 members (excludes halogenated alkanes) is 60. The maximum Gasteiger partial charge on any atom is 0.306 e. The van der Waals surface area contributed by atoms with Crippen LogP contribution >= 0.6 is 0 Å². The molecule has 0 aromatic carbocycles. The lowest BCUT2D eigenvalue weighted by Crippen LogP contribution is -2.30. The maximum absolute atomic E-state index is 12.9. The molecule has 0 aromatic heterocycles. The average molecular weight is 1140 g/mol. The highest BCUT2D eigenvalue weighted by Crippen LogP contribution is 2.20. The van der Waals surface area contributed by atoms with Crippen molar-refractivity contribution in [3.63, 3.8) is 0 Å². The molecule has 6 heteroatoms. The molecule has 0 saturated heterocycles. The van der Waals surface area contributed by atoms with Gasteiger partial charge in [0.2, 0.25) is 0 Å². The van der Waals surface area contributed by atoms with Gasteiger partial charge in [-0.15, -0.1) is 0 Å². The highest BCUT2D eigenvalue weighted by atomic mass is 16.6. The van der Waals surface area contributed by atoms with Gasteiger partial charge in [-0.2, -0.15) is 0 Å². The molecule has 0 aliphatic rings. The van der Waals surface area contributed by atoms with Crippen LogP contribution in [0.4, 0.5) is 0 Å². The van der Waals surface area contributed by atoms with Crippen molar-refractivity contribution >= 4 is 17.9 Å². The van der Waals surface area contributed by atoms with Gasteiger partial charge >= 0.3 is 17.9 Å². The molecule has 0 bridgehead atoms. The second kappa shape index (κ2) is 70.9. The first kappa shape index (κ1) is 79.4. The average Bonchev–Trinajstić information content (AvgIpc) is 3.47. The molecule has 81 heavy (non-hydrogen) atoms. The quantitative estimate of drug-likeness (QED) is 0.0343. The molecule has 6 nitrogen and oxygen atoms in total. The molecular weight excluding hydrogens is 997 g/mol. The van der Waals surface area contributed by atoms with Crippen LogP contribution < -0.4 is 0 Å². The largest absolute Gasteiger partial charge is 0.462 e. The molecule has 1 atom stereocenters. The zero-order chi connectivity index (χ0) is 58.5. The van der Waals surface area contributed by atoms with Gasteiger partial charge in [0.1, 0.15) is 13.2 Å². The third-order valence-electron chi connectivity index (χ3n) is 17.6. The molecule has 0 fully saturated rings. The summed E-state index contributed by atoms with van der Waals surface area (Å²) in [6.45, 7) is 6.73. The van der Waals surface area contributed by atoms with Crippen molar-refractivity contribution < 1.29 is 28.6 Å². The van der Waals surface area contributed by atoms with Crippen LogP contribution in [-0.4, -0.2) is 37.2 Å². The smallest absolute Gasteiger partial charge is 0.306 e. The minimum atomic E-state index is -0.763. The fraction of sp³-hybridized carbons (Fsp3) is 0.960. The SMILES string of the molecule is CCCCCCCCCCCCCCCCCCCCCCCCCCCCCCCCCC(=O)OCC(COC(=O)CCCCCCCCCCCC)OC(=O)CCCCCCCCCCCCCCCCCCCCCCCC. The summed E-state index contributed by atoms with van der Waals surface area (Å²) in [5.41, 5.74) is 0.